The van der Waals surface area contributed by atoms with Crippen LogP contribution in [0.5, 0.6) is 5.75 Å². The Hall–Kier alpha value is -3.32. The van der Waals surface area contributed by atoms with Crippen molar-refractivity contribution in [2.45, 2.75) is 56.6 Å². The fourth-order valence-corrected chi connectivity index (χ4v) is 5.70. The lowest BCUT2D eigenvalue weighted by Gasteiger charge is -2.41. The van der Waals surface area contributed by atoms with Gasteiger partial charge in [-0.3, -0.25) is 9.10 Å². The van der Waals surface area contributed by atoms with Crippen LogP contribution >= 0.6 is 0 Å². The molecule has 1 atom stereocenters. The Labute approximate surface area is 208 Å². The second-order valence-electron chi connectivity index (χ2n) is 9.09. The summed E-state index contributed by atoms with van der Waals surface area (Å²) in [5.74, 6) is 0.606. The summed E-state index contributed by atoms with van der Waals surface area (Å²) in [6, 6.07) is 21.0. The molecule has 0 spiro atoms. The van der Waals surface area contributed by atoms with Crippen molar-refractivity contribution >= 4 is 21.6 Å². The molecular weight excluding hydrogens is 460 g/mol. The molecule has 3 aromatic carbocycles. The van der Waals surface area contributed by atoms with Crippen molar-refractivity contribution in [3.63, 3.8) is 0 Å². The van der Waals surface area contributed by atoms with E-state index >= 15 is 0 Å². The lowest BCUT2D eigenvalue weighted by Crippen LogP contribution is -2.44. The fraction of sp³-hybridized carbons (Fsp3) is 0.321. The molecule has 0 bridgehead atoms. The van der Waals surface area contributed by atoms with Gasteiger partial charge in [0.1, 0.15) is 11.4 Å². The third-order valence-corrected chi connectivity index (χ3v) is 8.76. The van der Waals surface area contributed by atoms with Gasteiger partial charge in [0.05, 0.1) is 16.6 Å². The summed E-state index contributed by atoms with van der Waals surface area (Å²) in [4.78, 5) is 13.4. The van der Waals surface area contributed by atoms with Crippen molar-refractivity contribution in [3.05, 3.63) is 89.5 Å². The van der Waals surface area contributed by atoms with Crippen LogP contribution in [0, 0.1) is 6.92 Å². The van der Waals surface area contributed by atoms with Gasteiger partial charge in [-0.1, -0.05) is 49.7 Å². The Kier molecular flexibility index (Phi) is 6.90. The number of benzene rings is 3. The van der Waals surface area contributed by atoms with Crippen LogP contribution in [0.1, 0.15) is 60.6 Å². The zero-order valence-electron chi connectivity index (χ0n) is 20.6. The summed E-state index contributed by atoms with van der Waals surface area (Å²) in [5.41, 5.74) is 2.60. The minimum atomic E-state index is -3.70. The maximum atomic E-state index is 13.2. The third kappa shape index (κ3) is 4.91. The lowest BCUT2D eigenvalue weighted by molar-refractivity contribution is 0.0227. The van der Waals surface area contributed by atoms with E-state index in [4.69, 9.17) is 4.74 Å². The van der Waals surface area contributed by atoms with Crippen LogP contribution in [0.25, 0.3) is 0 Å². The molecule has 0 unspecified atom stereocenters. The van der Waals surface area contributed by atoms with Gasteiger partial charge in [0.2, 0.25) is 0 Å². The molecule has 1 amide bonds. The molecule has 0 fully saturated rings. The number of anilines is 1. The normalized spacial score (nSPS) is 16.6. The molecule has 184 valence electrons. The number of ether oxygens (including phenoxy) is 1. The number of sulfonamides is 1. The zero-order chi connectivity index (χ0) is 25.2. The van der Waals surface area contributed by atoms with E-state index in [0.29, 0.717) is 17.7 Å². The minimum absolute atomic E-state index is 0.170. The van der Waals surface area contributed by atoms with Crippen LogP contribution in [0.4, 0.5) is 5.69 Å². The molecule has 1 heterocycles. The smallest absolute Gasteiger partial charge is 0.264 e. The molecule has 6 nitrogen and oxygen atoms in total. The Morgan fingerprint density at radius 3 is 2.26 bits per heavy atom. The maximum absolute atomic E-state index is 13.2. The number of nitrogens with one attached hydrogen (secondary N) is 1. The van der Waals surface area contributed by atoms with Gasteiger partial charge in [-0.25, -0.2) is 8.42 Å². The summed E-state index contributed by atoms with van der Waals surface area (Å²) in [6.07, 6.45) is 2.39. The molecule has 0 aromatic heterocycles. The third-order valence-electron chi connectivity index (χ3n) is 6.96. The van der Waals surface area contributed by atoms with E-state index < -0.39 is 10.0 Å². The molecule has 1 N–H and O–H groups in total. The average molecular weight is 493 g/mol. The molecule has 3 aromatic rings. The summed E-state index contributed by atoms with van der Waals surface area (Å²) >= 11 is 0. The number of carbonyl (C=O) groups excluding carboxylic acids is 1. The second kappa shape index (κ2) is 9.74. The first-order chi connectivity index (χ1) is 16.7. The summed E-state index contributed by atoms with van der Waals surface area (Å²) in [7, 11) is -2.19. The van der Waals surface area contributed by atoms with Gasteiger partial charge >= 0.3 is 0 Å². The largest absolute Gasteiger partial charge is 0.487 e. The summed E-state index contributed by atoms with van der Waals surface area (Å²) < 4.78 is 33.6. The molecule has 1 aliphatic rings. The summed E-state index contributed by atoms with van der Waals surface area (Å²) in [6.45, 7) is 6.12. The Morgan fingerprint density at radius 2 is 1.63 bits per heavy atom. The van der Waals surface area contributed by atoms with Crippen molar-refractivity contribution in [1.82, 2.24) is 5.32 Å². The highest BCUT2D eigenvalue weighted by Crippen LogP contribution is 2.42. The first-order valence-corrected chi connectivity index (χ1v) is 13.4. The fourth-order valence-electron chi connectivity index (χ4n) is 4.50. The van der Waals surface area contributed by atoms with Gasteiger partial charge in [0, 0.05) is 24.6 Å². The zero-order valence-corrected chi connectivity index (χ0v) is 21.4. The molecule has 4 rings (SSSR count). The molecule has 0 saturated heterocycles. The topological polar surface area (TPSA) is 75.7 Å². The highest BCUT2D eigenvalue weighted by atomic mass is 32.2. The highest BCUT2D eigenvalue weighted by molar-refractivity contribution is 7.92. The Balaban J connectivity index is 1.53. The van der Waals surface area contributed by atoms with E-state index in [1.165, 1.54) is 11.4 Å². The van der Waals surface area contributed by atoms with Crippen molar-refractivity contribution in [2.24, 2.45) is 0 Å². The van der Waals surface area contributed by atoms with Crippen molar-refractivity contribution < 1.29 is 17.9 Å². The quantitative estimate of drug-likeness (QED) is 0.464. The molecule has 7 heteroatoms. The molecule has 0 saturated carbocycles. The van der Waals surface area contributed by atoms with Gasteiger partial charge in [0.15, 0.2) is 0 Å². The SMILES string of the molecule is CCC1(CC)C[C@@H](NC(=O)c2ccc(N(C)S(=O)(=O)c3ccc(C)cc3)cc2)c2ccccc2O1. The monoisotopic (exact) mass is 492 g/mol. The predicted molar refractivity (Wildman–Crippen MR) is 138 cm³/mol. The number of amides is 1. The average Bonchev–Trinajstić information content (AvgIpc) is 2.88. The van der Waals surface area contributed by atoms with Crippen molar-refractivity contribution in [3.8, 4) is 5.75 Å². The van der Waals surface area contributed by atoms with E-state index in [0.717, 1.165) is 29.7 Å². The number of carbonyl (C=O) groups is 1. The lowest BCUT2D eigenvalue weighted by atomic mass is 9.83. The van der Waals surface area contributed by atoms with Crippen LogP contribution in [0.2, 0.25) is 0 Å². The first kappa shape index (κ1) is 24.8. The van der Waals surface area contributed by atoms with E-state index in [9.17, 15) is 13.2 Å². The van der Waals surface area contributed by atoms with E-state index in [2.05, 4.69) is 19.2 Å². The number of para-hydroxylation sites is 1. The van der Waals surface area contributed by atoms with Gasteiger partial charge < -0.3 is 10.1 Å². The van der Waals surface area contributed by atoms with Gasteiger partial charge in [-0.15, -0.1) is 0 Å². The van der Waals surface area contributed by atoms with Crippen LogP contribution < -0.4 is 14.4 Å². The number of hydrogen-bond donors (Lipinski definition) is 1. The van der Waals surface area contributed by atoms with Crippen LogP contribution in [0.15, 0.2) is 77.7 Å². The van der Waals surface area contributed by atoms with Crippen molar-refractivity contribution in [2.75, 3.05) is 11.4 Å². The Morgan fingerprint density at radius 1 is 1.00 bits per heavy atom. The van der Waals surface area contributed by atoms with E-state index in [-0.39, 0.29) is 22.4 Å². The van der Waals surface area contributed by atoms with Crippen LogP contribution in [0.3, 0.4) is 0 Å². The minimum Gasteiger partial charge on any atom is -0.487 e. The number of fused-ring (bicyclic) bond motifs is 1. The number of aryl methyl sites for hydroxylation is 1. The first-order valence-electron chi connectivity index (χ1n) is 11.9. The number of hydrogen-bond acceptors (Lipinski definition) is 4. The van der Waals surface area contributed by atoms with Crippen molar-refractivity contribution in [1.29, 1.82) is 0 Å². The highest BCUT2D eigenvalue weighted by Gasteiger charge is 2.39. The number of rotatable bonds is 7. The molecule has 1 aliphatic heterocycles. The predicted octanol–water partition coefficient (Wildman–Crippen LogP) is 5.63. The van der Waals surface area contributed by atoms with Gasteiger partial charge in [-0.05, 0) is 62.2 Å². The van der Waals surface area contributed by atoms with Gasteiger partial charge in [0.25, 0.3) is 15.9 Å². The summed E-state index contributed by atoms with van der Waals surface area (Å²) in [5, 5.41) is 3.17. The standard InChI is InChI=1S/C28H32N2O4S/c1-5-28(6-2)19-25(24-9-7-8-10-26(24)34-28)29-27(31)21-13-15-22(16-14-21)30(4)35(32,33)23-17-11-20(3)12-18-23/h7-18,25H,5-6,19H2,1-4H3,(H,29,31)/t25-/m1/s1. The van der Waals surface area contributed by atoms with E-state index in [1.807, 2.05) is 31.2 Å². The van der Waals surface area contributed by atoms with Crippen LogP contribution in [-0.2, 0) is 10.0 Å². The molecule has 0 aliphatic carbocycles. The maximum Gasteiger partial charge on any atom is 0.264 e. The Bertz CT molecular complexity index is 1300. The van der Waals surface area contributed by atoms with Crippen LogP contribution in [-0.4, -0.2) is 27.0 Å². The van der Waals surface area contributed by atoms with E-state index in [1.54, 1.807) is 48.5 Å². The second-order valence-corrected chi connectivity index (χ2v) is 11.1. The molecule has 0 radical (unpaired) electrons. The number of nitrogens with zero attached hydrogens (tertiary/aromatic N) is 1. The van der Waals surface area contributed by atoms with Gasteiger partial charge in [-0.2, -0.15) is 0 Å². The molecular formula is C28H32N2O4S. The molecule has 35 heavy (non-hydrogen) atoms.